The van der Waals surface area contributed by atoms with Crippen LogP contribution in [0.1, 0.15) is 18.9 Å². The average Bonchev–Trinajstić information content (AvgIpc) is 2.53. The summed E-state index contributed by atoms with van der Waals surface area (Å²) < 4.78 is 10.7. The molecule has 24 heavy (non-hydrogen) atoms. The summed E-state index contributed by atoms with van der Waals surface area (Å²) in [7, 11) is 3.30. The Kier molecular flexibility index (Phi) is 6.87. The van der Waals surface area contributed by atoms with Gasteiger partial charge in [-0.2, -0.15) is 0 Å². The first-order valence-corrected chi connectivity index (χ1v) is 8.45. The van der Waals surface area contributed by atoms with Gasteiger partial charge in [-0.05, 0) is 36.5 Å². The molecule has 0 radical (unpaired) electrons. The smallest absolute Gasteiger partial charge is 0.216 e. The van der Waals surface area contributed by atoms with Gasteiger partial charge in [-0.15, -0.1) is 0 Å². The van der Waals surface area contributed by atoms with E-state index in [1.165, 1.54) is 5.56 Å². The normalized spacial score (nSPS) is 21.3. The number of nitrogens with zero attached hydrogens (tertiary/aromatic N) is 1. The highest BCUT2D eigenvalue weighted by atomic mass is 16.5. The number of piperidine rings is 1. The fourth-order valence-electron chi connectivity index (χ4n) is 3.41. The second-order valence-corrected chi connectivity index (χ2v) is 6.50. The summed E-state index contributed by atoms with van der Waals surface area (Å²) in [6, 6.07) is 6.26. The van der Waals surface area contributed by atoms with Gasteiger partial charge in [0.05, 0.1) is 14.2 Å². The van der Waals surface area contributed by atoms with Crippen molar-refractivity contribution in [3.8, 4) is 11.5 Å². The summed E-state index contributed by atoms with van der Waals surface area (Å²) in [5.41, 5.74) is 7.46. The number of amides is 1. The molecular weight excluding hydrogens is 306 g/mol. The first-order chi connectivity index (χ1) is 11.5. The lowest BCUT2D eigenvalue weighted by molar-refractivity contribution is -0.119. The topological polar surface area (TPSA) is 76.8 Å². The van der Waals surface area contributed by atoms with Gasteiger partial charge >= 0.3 is 0 Å². The van der Waals surface area contributed by atoms with Crippen LogP contribution in [0, 0.1) is 5.92 Å². The summed E-state index contributed by atoms with van der Waals surface area (Å²) in [5.74, 6) is 2.03. The first-order valence-electron chi connectivity index (χ1n) is 8.45. The largest absolute Gasteiger partial charge is 0.493 e. The molecule has 1 aliphatic rings. The van der Waals surface area contributed by atoms with Crippen molar-refractivity contribution >= 4 is 5.91 Å². The Morgan fingerprint density at radius 3 is 2.71 bits per heavy atom. The predicted octanol–water partition coefficient (Wildman–Crippen LogP) is 1.03. The van der Waals surface area contributed by atoms with Crippen LogP contribution in [0.25, 0.3) is 0 Å². The van der Waals surface area contributed by atoms with E-state index < -0.39 is 0 Å². The van der Waals surface area contributed by atoms with Crippen LogP contribution >= 0.6 is 0 Å². The van der Waals surface area contributed by atoms with E-state index in [1.54, 1.807) is 21.1 Å². The molecule has 3 N–H and O–H groups in total. The lowest BCUT2D eigenvalue weighted by Crippen LogP contribution is -2.49. The van der Waals surface area contributed by atoms with Crippen LogP contribution in [0.3, 0.4) is 0 Å². The molecule has 1 heterocycles. The Morgan fingerprint density at radius 1 is 1.29 bits per heavy atom. The van der Waals surface area contributed by atoms with Crippen LogP contribution in [0.15, 0.2) is 18.2 Å². The number of hydrogen-bond acceptors (Lipinski definition) is 5. The van der Waals surface area contributed by atoms with Crippen molar-refractivity contribution in [3.05, 3.63) is 23.8 Å². The number of carbonyl (C=O) groups is 1. The monoisotopic (exact) mass is 335 g/mol. The van der Waals surface area contributed by atoms with Crippen LogP contribution in [0.5, 0.6) is 11.5 Å². The molecule has 6 nitrogen and oxygen atoms in total. The SMILES string of the molecule is COc1ccc(CC2CC(N)CN(CCNC(C)=O)C2)cc1OC. The maximum absolute atomic E-state index is 11.0. The van der Waals surface area contributed by atoms with Crippen molar-refractivity contribution in [3.63, 3.8) is 0 Å². The molecule has 134 valence electrons. The van der Waals surface area contributed by atoms with Crippen LogP contribution in [0.2, 0.25) is 0 Å². The molecule has 0 saturated carbocycles. The molecule has 1 aliphatic heterocycles. The van der Waals surface area contributed by atoms with Gasteiger partial charge in [0.15, 0.2) is 11.5 Å². The minimum atomic E-state index is 0.0122. The second-order valence-electron chi connectivity index (χ2n) is 6.50. The minimum absolute atomic E-state index is 0.0122. The van der Waals surface area contributed by atoms with Crippen molar-refractivity contribution in [2.24, 2.45) is 11.7 Å². The number of nitrogens with one attached hydrogen (secondary N) is 1. The maximum atomic E-state index is 11.0. The van der Waals surface area contributed by atoms with E-state index in [0.717, 1.165) is 44.0 Å². The van der Waals surface area contributed by atoms with Crippen molar-refractivity contribution in [1.82, 2.24) is 10.2 Å². The Bertz CT molecular complexity index is 550. The van der Waals surface area contributed by atoms with Gasteiger partial charge in [0.25, 0.3) is 0 Å². The minimum Gasteiger partial charge on any atom is -0.493 e. The lowest BCUT2D eigenvalue weighted by Gasteiger charge is -2.36. The highest BCUT2D eigenvalue weighted by Crippen LogP contribution is 2.29. The number of rotatable bonds is 7. The fraction of sp³-hybridized carbons (Fsp3) is 0.611. The van der Waals surface area contributed by atoms with Crippen molar-refractivity contribution in [2.75, 3.05) is 40.4 Å². The van der Waals surface area contributed by atoms with E-state index in [-0.39, 0.29) is 11.9 Å². The summed E-state index contributed by atoms with van der Waals surface area (Å²) >= 11 is 0. The Labute approximate surface area is 144 Å². The molecule has 0 spiro atoms. The molecule has 0 bridgehead atoms. The van der Waals surface area contributed by atoms with Crippen LogP contribution in [-0.2, 0) is 11.2 Å². The summed E-state index contributed by atoms with van der Waals surface area (Å²) in [5, 5.41) is 2.85. The highest BCUT2D eigenvalue weighted by molar-refractivity contribution is 5.72. The number of methoxy groups -OCH3 is 2. The number of benzene rings is 1. The first kappa shape index (κ1) is 18.5. The fourth-order valence-corrected chi connectivity index (χ4v) is 3.41. The van der Waals surface area contributed by atoms with Gasteiger partial charge in [0.1, 0.15) is 0 Å². The molecule has 2 atom stereocenters. The Balaban J connectivity index is 1.94. The van der Waals surface area contributed by atoms with Crippen LogP contribution in [0.4, 0.5) is 0 Å². The molecule has 0 aliphatic carbocycles. The van der Waals surface area contributed by atoms with Gasteiger partial charge in [-0.25, -0.2) is 0 Å². The number of carbonyl (C=O) groups excluding carboxylic acids is 1. The summed E-state index contributed by atoms with van der Waals surface area (Å²) in [6.45, 7) is 4.95. The van der Waals surface area contributed by atoms with E-state index in [2.05, 4.69) is 16.3 Å². The highest BCUT2D eigenvalue weighted by Gasteiger charge is 2.25. The Morgan fingerprint density at radius 2 is 2.04 bits per heavy atom. The van der Waals surface area contributed by atoms with Crippen molar-refractivity contribution in [1.29, 1.82) is 0 Å². The molecule has 1 aromatic rings. The van der Waals surface area contributed by atoms with Gasteiger partial charge in [0, 0.05) is 39.1 Å². The van der Waals surface area contributed by atoms with Gasteiger partial charge in [0.2, 0.25) is 5.91 Å². The third-order valence-electron chi connectivity index (χ3n) is 4.42. The van der Waals surface area contributed by atoms with Gasteiger partial charge in [-0.1, -0.05) is 6.07 Å². The molecule has 1 aromatic carbocycles. The third kappa shape index (κ3) is 5.39. The molecule has 2 rings (SSSR count). The standard InChI is InChI=1S/C18H29N3O3/c1-13(22)20-6-7-21-11-15(9-16(19)12-21)8-14-4-5-17(23-2)18(10-14)24-3/h4-5,10,15-16H,6-9,11-12,19H2,1-3H3,(H,20,22). The van der Waals surface area contributed by atoms with Crippen LogP contribution < -0.4 is 20.5 Å². The third-order valence-corrected chi connectivity index (χ3v) is 4.42. The maximum Gasteiger partial charge on any atom is 0.216 e. The second kappa shape index (κ2) is 8.89. The van der Waals surface area contributed by atoms with Gasteiger partial charge < -0.3 is 20.5 Å². The number of hydrogen-bond donors (Lipinski definition) is 2. The molecule has 1 fully saturated rings. The van der Waals surface area contributed by atoms with E-state index in [9.17, 15) is 4.79 Å². The zero-order valence-corrected chi connectivity index (χ0v) is 14.9. The molecule has 1 amide bonds. The van der Waals surface area contributed by atoms with Crippen LogP contribution in [-0.4, -0.2) is 57.2 Å². The molecule has 6 heteroatoms. The summed E-state index contributed by atoms with van der Waals surface area (Å²) in [4.78, 5) is 13.3. The van der Waals surface area contributed by atoms with E-state index in [0.29, 0.717) is 12.5 Å². The quantitative estimate of drug-likeness (QED) is 0.778. The van der Waals surface area contributed by atoms with Crippen molar-refractivity contribution < 1.29 is 14.3 Å². The summed E-state index contributed by atoms with van der Waals surface area (Å²) in [6.07, 6.45) is 1.98. The molecule has 0 aromatic heterocycles. The van der Waals surface area contributed by atoms with E-state index in [4.69, 9.17) is 15.2 Å². The average molecular weight is 335 g/mol. The number of ether oxygens (including phenoxy) is 2. The van der Waals surface area contributed by atoms with Crippen molar-refractivity contribution in [2.45, 2.75) is 25.8 Å². The van der Waals surface area contributed by atoms with Gasteiger partial charge in [-0.3, -0.25) is 9.69 Å². The molecule has 2 unspecified atom stereocenters. The predicted molar refractivity (Wildman–Crippen MR) is 94.5 cm³/mol. The zero-order chi connectivity index (χ0) is 17.5. The lowest BCUT2D eigenvalue weighted by atomic mass is 9.89. The zero-order valence-electron chi connectivity index (χ0n) is 14.9. The van der Waals surface area contributed by atoms with E-state index >= 15 is 0 Å². The molecular formula is C18H29N3O3. The van der Waals surface area contributed by atoms with E-state index in [1.807, 2.05) is 12.1 Å². The number of likely N-dealkylation sites (tertiary alicyclic amines) is 1. The molecule has 1 saturated heterocycles. The number of nitrogens with two attached hydrogens (primary N) is 1. The Hall–Kier alpha value is -1.79.